The molecular formula is C14H21BrN2O2. The number of carbonyl (C=O) groups is 1. The van der Waals surface area contributed by atoms with Crippen molar-refractivity contribution in [2.75, 3.05) is 12.3 Å². The van der Waals surface area contributed by atoms with Crippen molar-refractivity contribution in [2.45, 2.75) is 39.7 Å². The molecule has 0 fully saturated rings. The summed E-state index contributed by atoms with van der Waals surface area (Å²) >= 11 is 3.37. The molecule has 0 aliphatic carbocycles. The lowest BCUT2D eigenvalue weighted by atomic mass is 10.2. The Morgan fingerprint density at radius 2 is 2.21 bits per heavy atom. The van der Waals surface area contributed by atoms with Crippen molar-refractivity contribution in [1.82, 2.24) is 5.32 Å². The average molecular weight is 329 g/mol. The van der Waals surface area contributed by atoms with Gasteiger partial charge in [0.05, 0.1) is 5.69 Å². The van der Waals surface area contributed by atoms with Crippen LogP contribution in [0.1, 0.15) is 32.3 Å². The first-order valence-electron chi connectivity index (χ1n) is 6.45. The van der Waals surface area contributed by atoms with E-state index < -0.39 is 6.10 Å². The van der Waals surface area contributed by atoms with Crippen molar-refractivity contribution < 1.29 is 9.53 Å². The van der Waals surface area contributed by atoms with Crippen LogP contribution >= 0.6 is 15.9 Å². The topological polar surface area (TPSA) is 64.3 Å². The van der Waals surface area contributed by atoms with Crippen molar-refractivity contribution in [2.24, 2.45) is 0 Å². The van der Waals surface area contributed by atoms with Gasteiger partial charge in [0.2, 0.25) is 0 Å². The van der Waals surface area contributed by atoms with E-state index in [1.165, 1.54) is 0 Å². The highest BCUT2D eigenvalue weighted by molar-refractivity contribution is 9.10. The highest BCUT2D eigenvalue weighted by Gasteiger charge is 2.17. The minimum absolute atomic E-state index is 0.116. The fraction of sp³-hybridized carbons (Fsp3) is 0.500. The molecule has 4 nitrogen and oxygen atoms in total. The van der Waals surface area contributed by atoms with Gasteiger partial charge in [0.25, 0.3) is 5.91 Å². The summed E-state index contributed by atoms with van der Waals surface area (Å²) in [5.41, 5.74) is 7.34. The Morgan fingerprint density at radius 3 is 2.79 bits per heavy atom. The maximum Gasteiger partial charge on any atom is 0.260 e. The third-order valence-corrected chi connectivity index (χ3v) is 3.22. The summed E-state index contributed by atoms with van der Waals surface area (Å²) in [6.45, 7) is 6.39. The molecule has 1 rings (SSSR count). The van der Waals surface area contributed by atoms with Crippen LogP contribution in [0.2, 0.25) is 0 Å². The first-order valence-corrected chi connectivity index (χ1v) is 7.25. The second-order valence-corrected chi connectivity index (χ2v) is 5.46. The SMILES string of the molecule is CCCCNC(=O)C(C)Oc1c(C)cc(Br)cc1N. The van der Waals surface area contributed by atoms with Crippen LogP contribution in [0, 0.1) is 6.92 Å². The molecule has 0 saturated carbocycles. The standard InChI is InChI=1S/C14H21BrN2O2/c1-4-5-6-17-14(18)10(3)19-13-9(2)7-11(15)8-12(13)16/h7-8,10H,4-6,16H2,1-3H3,(H,17,18). The van der Waals surface area contributed by atoms with Gasteiger partial charge >= 0.3 is 0 Å². The van der Waals surface area contributed by atoms with Crippen molar-refractivity contribution in [1.29, 1.82) is 0 Å². The molecule has 1 aromatic rings. The van der Waals surface area contributed by atoms with Crippen LogP contribution in [-0.2, 0) is 4.79 Å². The molecule has 3 N–H and O–H groups in total. The quantitative estimate of drug-likeness (QED) is 0.623. The highest BCUT2D eigenvalue weighted by Crippen LogP contribution is 2.30. The minimum Gasteiger partial charge on any atom is -0.478 e. The van der Waals surface area contributed by atoms with E-state index in [1.54, 1.807) is 13.0 Å². The molecule has 1 aromatic carbocycles. The van der Waals surface area contributed by atoms with Gasteiger partial charge in [0.1, 0.15) is 5.75 Å². The van der Waals surface area contributed by atoms with Gasteiger partial charge in [-0.1, -0.05) is 29.3 Å². The number of anilines is 1. The Morgan fingerprint density at radius 1 is 1.53 bits per heavy atom. The van der Waals surface area contributed by atoms with Crippen molar-refractivity contribution in [3.8, 4) is 5.75 Å². The highest BCUT2D eigenvalue weighted by atomic mass is 79.9. The maximum atomic E-state index is 11.8. The smallest absolute Gasteiger partial charge is 0.260 e. The number of hydrogen-bond acceptors (Lipinski definition) is 3. The first kappa shape index (κ1) is 15.8. The summed E-state index contributed by atoms with van der Waals surface area (Å²) in [7, 11) is 0. The van der Waals surface area contributed by atoms with Crippen LogP contribution in [-0.4, -0.2) is 18.6 Å². The summed E-state index contributed by atoms with van der Waals surface area (Å²) in [4.78, 5) is 11.8. The number of halogens is 1. The van der Waals surface area contributed by atoms with Crippen molar-refractivity contribution in [3.63, 3.8) is 0 Å². The number of unbranched alkanes of at least 4 members (excludes halogenated alkanes) is 1. The van der Waals surface area contributed by atoms with Gasteiger partial charge in [-0.3, -0.25) is 4.79 Å². The van der Waals surface area contributed by atoms with Crippen LogP contribution in [0.25, 0.3) is 0 Å². The van der Waals surface area contributed by atoms with Crippen molar-refractivity contribution in [3.05, 3.63) is 22.2 Å². The Hall–Kier alpha value is -1.23. The average Bonchev–Trinajstić information content (AvgIpc) is 2.33. The third-order valence-electron chi connectivity index (χ3n) is 2.76. The van der Waals surface area contributed by atoms with E-state index in [2.05, 4.69) is 28.2 Å². The van der Waals surface area contributed by atoms with Crippen LogP contribution in [0.4, 0.5) is 5.69 Å². The lowest BCUT2D eigenvalue weighted by Crippen LogP contribution is -2.37. The predicted molar refractivity (Wildman–Crippen MR) is 81.3 cm³/mol. The fourth-order valence-electron chi connectivity index (χ4n) is 1.68. The lowest BCUT2D eigenvalue weighted by Gasteiger charge is -2.18. The molecule has 5 heteroatoms. The molecule has 0 spiro atoms. The van der Waals surface area contributed by atoms with E-state index in [4.69, 9.17) is 10.5 Å². The number of hydrogen-bond donors (Lipinski definition) is 2. The number of carbonyl (C=O) groups excluding carboxylic acids is 1. The Labute approximate surface area is 122 Å². The monoisotopic (exact) mass is 328 g/mol. The van der Waals surface area contributed by atoms with Crippen molar-refractivity contribution >= 4 is 27.5 Å². The molecule has 19 heavy (non-hydrogen) atoms. The zero-order chi connectivity index (χ0) is 14.4. The number of amides is 1. The van der Waals surface area contributed by atoms with Gasteiger partial charge in [0, 0.05) is 11.0 Å². The molecule has 0 saturated heterocycles. The lowest BCUT2D eigenvalue weighted by molar-refractivity contribution is -0.127. The Balaban J connectivity index is 2.66. The number of benzene rings is 1. The Bertz CT molecular complexity index is 426. The minimum atomic E-state index is -0.556. The molecule has 106 valence electrons. The summed E-state index contributed by atoms with van der Waals surface area (Å²) in [5.74, 6) is 0.455. The van der Waals surface area contributed by atoms with Gasteiger partial charge < -0.3 is 15.8 Å². The third kappa shape index (κ3) is 4.74. The zero-order valence-corrected chi connectivity index (χ0v) is 13.2. The Kier molecular flexibility index (Phi) is 6.15. The normalized spacial score (nSPS) is 12.0. The number of ether oxygens (including phenoxy) is 1. The molecule has 0 heterocycles. The van der Waals surface area contributed by atoms with E-state index >= 15 is 0 Å². The van der Waals surface area contributed by atoms with Gasteiger partial charge in [0.15, 0.2) is 6.10 Å². The second kappa shape index (κ2) is 7.38. The van der Waals surface area contributed by atoms with Crippen LogP contribution in [0.5, 0.6) is 5.75 Å². The molecule has 0 aliphatic rings. The first-order chi connectivity index (χ1) is 8.95. The zero-order valence-electron chi connectivity index (χ0n) is 11.6. The number of nitrogens with one attached hydrogen (secondary N) is 1. The molecule has 0 radical (unpaired) electrons. The van der Waals surface area contributed by atoms with E-state index in [0.29, 0.717) is 18.0 Å². The van der Waals surface area contributed by atoms with Gasteiger partial charge in [-0.05, 0) is 38.0 Å². The molecule has 0 aromatic heterocycles. The number of nitrogen functional groups attached to an aromatic ring is 1. The molecule has 0 bridgehead atoms. The van der Waals surface area contributed by atoms with E-state index in [-0.39, 0.29) is 5.91 Å². The summed E-state index contributed by atoms with van der Waals surface area (Å²) in [5, 5.41) is 2.84. The van der Waals surface area contributed by atoms with Crippen LogP contribution in [0.3, 0.4) is 0 Å². The largest absolute Gasteiger partial charge is 0.478 e. The maximum absolute atomic E-state index is 11.8. The van der Waals surface area contributed by atoms with E-state index in [9.17, 15) is 4.79 Å². The molecule has 0 aliphatic heterocycles. The molecule has 1 unspecified atom stereocenters. The van der Waals surface area contributed by atoms with E-state index in [0.717, 1.165) is 22.9 Å². The van der Waals surface area contributed by atoms with E-state index in [1.807, 2.05) is 13.0 Å². The molecule has 1 atom stereocenters. The summed E-state index contributed by atoms with van der Waals surface area (Å²) in [6, 6.07) is 3.68. The van der Waals surface area contributed by atoms with Crippen LogP contribution < -0.4 is 15.8 Å². The number of rotatable bonds is 6. The van der Waals surface area contributed by atoms with Crippen LogP contribution in [0.15, 0.2) is 16.6 Å². The van der Waals surface area contributed by atoms with Gasteiger partial charge in [-0.25, -0.2) is 0 Å². The molecular weight excluding hydrogens is 308 g/mol. The second-order valence-electron chi connectivity index (χ2n) is 4.55. The number of nitrogens with two attached hydrogens (primary N) is 1. The number of aryl methyl sites for hydroxylation is 1. The summed E-state index contributed by atoms with van der Waals surface area (Å²) < 4.78 is 6.56. The molecule has 1 amide bonds. The summed E-state index contributed by atoms with van der Waals surface area (Å²) in [6.07, 6.45) is 1.46. The van der Waals surface area contributed by atoms with Gasteiger partial charge in [-0.2, -0.15) is 0 Å². The van der Waals surface area contributed by atoms with Gasteiger partial charge in [-0.15, -0.1) is 0 Å². The fourth-order valence-corrected chi connectivity index (χ4v) is 2.27. The predicted octanol–water partition coefficient (Wildman–Crippen LogP) is 3.02.